The van der Waals surface area contributed by atoms with Crippen molar-refractivity contribution in [1.29, 1.82) is 0 Å². The second kappa shape index (κ2) is 6.28. The average Bonchev–Trinajstić information content (AvgIpc) is 2.67. The standard InChI is InChI=1S/C16H24N2O3S/c1-17-7-14-9-18(10-15(17)12-21-11-14)8-13-3-5-16(6-4-13)22(2,19)20/h3-6,14-15H,7-12H2,1-2H3/t14-,15+/m1/s1. The van der Waals surface area contributed by atoms with Crippen LogP contribution in [0.25, 0.3) is 0 Å². The summed E-state index contributed by atoms with van der Waals surface area (Å²) in [5, 5.41) is 0. The number of hydrogen-bond donors (Lipinski definition) is 0. The molecule has 6 heteroatoms. The van der Waals surface area contributed by atoms with Crippen LogP contribution < -0.4 is 0 Å². The molecular weight excluding hydrogens is 300 g/mol. The van der Waals surface area contributed by atoms with Crippen LogP contribution in [0.5, 0.6) is 0 Å². The molecule has 2 atom stereocenters. The summed E-state index contributed by atoms with van der Waals surface area (Å²) in [6, 6.07) is 7.72. The van der Waals surface area contributed by atoms with E-state index in [1.165, 1.54) is 6.26 Å². The molecule has 0 spiro atoms. The first-order valence-electron chi connectivity index (χ1n) is 7.71. The lowest BCUT2D eigenvalue weighted by atomic mass is 10.1. The predicted octanol–water partition coefficient (Wildman–Crippen LogP) is 0.853. The molecule has 0 saturated carbocycles. The zero-order chi connectivity index (χ0) is 15.7. The Labute approximate surface area is 132 Å². The maximum atomic E-state index is 11.5. The zero-order valence-electron chi connectivity index (χ0n) is 13.2. The number of likely N-dealkylation sites (N-methyl/N-ethyl adjacent to an activating group) is 1. The van der Waals surface area contributed by atoms with Gasteiger partial charge in [0.2, 0.25) is 0 Å². The first-order chi connectivity index (χ1) is 10.4. The number of sulfone groups is 1. The molecule has 0 radical (unpaired) electrons. The van der Waals surface area contributed by atoms with E-state index in [0.717, 1.165) is 45.0 Å². The Balaban J connectivity index is 1.70. The largest absolute Gasteiger partial charge is 0.379 e. The summed E-state index contributed by atoms with van der Waals surface area (Å²) >= 11 is 0. The lowest BCUT2D eigenvalue weighted by Gasteiger charge is -2.29. The van der Waals surface area contributed by atoms with Gasteiger partial charge < -0.3 is 4.74 Å². The minimum Gasteiger partial charge on any atom is -0.379 e. The minimum absolute atomic E-state index is 0.386. The van der Waals surface area contributed by atoms with Gasteiger partial charge in [0.1, 0.15) is 0 Å². The Morgan fingerprint density at radius 1 is 1.14 bits per heavy atom. The molecule has 0 aromatic heterocycles. The van der Waals surface area contributed by atoms with Gasteiger partial charge in [-0.1, -0.05) is 12.1 Å². The number of nitrogens with zero attached hydrogens (tertiary/aromatic N) is 2. The quantitative estimate of drug-likeness (QED) is 0.825. The van der Waals surface area contributed by atoms with E-state index < -0.39 is 9.84 Å². The second-order valence-corrected chi connectivity index (χ2v) is 8.62. The van der Waals surface area contributed by atoms with Crippen molar-refractivity contribution in [3.05, 3.63) is 29.8 Å². The van der Waals surface area contributed by atoms with Crippen molar-refractivity contribution in [1.82, 2.24) is 9.80 Å². The van der Waals surface area contributed by atoms with Crippen molar-refractivity contribution in [2.24, 2.45) is 5.92 Å². The van der Waals surface area contributed by atoms with Gasteiger partial charge in [-0.3, -0.25) is 9.80 Å². The van der Waals surface area contributed by atoms with Crippen LogP contribution in [0.3, 0.4) is 0 Å². The molecule has 122 valence electrons. The molecule has 2 bridgehead atoms. The number of benzene rings is 1. The van der Waals surface area contributed by atoms with Crippen molar-refractivity contribution in [2.75, 3.05) is 46.2 Å². The van der Waals surface area contributed by atoms with Gasteiger partial charge in [0, 0.05) is 44.4 Å². The van der Waals surface area contributed by atoms with E-state index in [2.05, 4.69) is 16.8 Å². The van der Waals surface area contributed by atoms with Crippen LogP contribution >= 0.6 is 0 Å². The van der Waals surface area contributed by atoms with E-state index >= 15 is 0 Å². The van der Waals surface area contributed by atoms with Crippen molar-refractivity contribution in [3.8, 4) is 0 Å². The van der Waals surface area contributed by atoms with Gasteiger partial charge >= 0.3 is 0 Å². The Bertz CT molecular complexity index is 615. The maximum Gasteiger partial charge on any atom is 0.175 e. The first kappa shape index (κ1) is 15.9. The number of hydrogen-bond acceptors (Lipinski definition) is 5. The van der Waals surface area contributed by atoms with E-state index in [9.17, 15) is 8.42 Å². The molecule has 0 N–H and O–H groups in total. The van der Waals surface area contributed by atoms with Gasteiger partial charge in [-0.25, -0.2) is 8.42 Å². The highest BCUT2D eigenvalue weighted by Crippen LogP contribution is 2.20. The zero-order valence-corrected chi connectivity index (χ0v) is 14.1. The molecule has 2 fully saturated rings. The third-order valence-electron chi connectivity index (χ3n) is 4.58. The van der Waals surface area contributed by atoms with Gasteiger partial charge in [-0.2, -0.15) is 0 Å². The van der Waals surface area contributed by atoms with Gasteiger partial charge in [0.15, 0.2) is 9.84 Å². The third kappa shape index (κ3) is 3.68. The smallest absolute Gasteiger partial charge is 0.175 e. The summed E-state index contributed by atoms with van der Waals surface area (Å²) in [6.07, 6.45) is 1.24. The molecule has 0 aliphatic carbocycles. The van der Waals surface area contributed by atoms with Crippen LogP contribution in [0.1, 0.15) is 5.56 Å². The summed E-state index contributed by atoms with van der Waals surface area (Å²) in [5.41, 5.74) is 1.16. The fourth-order valence-corrected chi connectivity index (χ4v) is 4.01. The van der Waals surface area contributed by atoms with Crippen molar-refractivity contribution in [2.45, 2.75) is 17.5 Å². The van der Waals surface area contributed by atoms with Gasteiger partial charge in [-0.15, -0.1) is 0 Å². The number of fused-ring (bicyclic) bond motifs is 3. The second-order valence-electron chi connectivity index (χ2n) is 6.61. The van der Waals surface area contributed by atoms with E-state index in [-0.39, 0.29) is 0 Å². The predicted molar refractivity (Wildman–Crippen MR) is 85.6 cm³/mol. The molecule has 22 heavy (non-hydrogen) atoms. The van der Waals surface area contributed by atoms with E-state index in [1.54, 1.807) is 12.1 Å². The molecule has 0 amide bonds. The molecule has 2 saturated heterocycles. The first-order valence-corrected chi connectivity index (χ1v) is 9.60. The lowest BCUT2D eigenvalue weighted by molar-refractivity contribution is 0.0516. The molecular formula is C16H24N2O3S. The SMILES string of the molecule is CN1C[C@H]2COC[C@@H]1CN(Cc1ccc(S(C)(=O)=O)cc1)C2. The molecule has 0 unspecified atom stereocenters. The summed E-state index contributed by atoms with van der Waals surface area (Å²) in [6.45, 7) is 5.63. The number of rotatable bonds is 3. The maximum absolute atomic E-state index is 11.5. The topological polar surface area (TPSA) is 49.9 Å². The summed E-state index contributed by atoms with van der Waals surface area (Å²) < 4.78 is 28.8. The Morgan fingerprint density at radius 2 is 1.86 bits per heavy atom. The Hall–Kier alpha value is -0.950. The minimum atomic E-state index is -3.11. The van der Waals surface area contributed by atoms with Crippen LogP contribution in [0.15, 0.2) is 29.2 Å². The van der Waals surface area contributed by atoms with Crippen molar-refractivity contribution < 1.29 is 13.2 Å². The highest BCUT2D eigenvalue weighted by Gasteiger charge is 2.31. The molecule has 2 aliphatic rings. The Morgan fingerprint density at radius 3 is 2.55 bits per heavy atom. The van der Waals surface area contributed by atoms with Crippen LogP contribution in [-0.4, -0.2) is 70.4 Å². The lowest BCUT2D eigenvalue weighted by Crippen LogP contribution is -2.41. The highest BCUT2D eigenvalue weighted by atomic mass is 32.2. The summed E-state index contributed by atoms with van der Waals surface area (Å²) in [4.78, 5) is 5.26. The normalized spacial score (nSPS) is 27.5. The fourth-order valence-electron chi connectivity index (χ4n) is 3.38. The molecule has 2 heterocycles. The van der Waals surface area contributed by atoms with Gasteiger partial charge in [-0.05, 0) is 24.7 Å². The molecule has 3 rings (SSSR count). The van der Waals surface area contributed by atoms with Crippen LogP contribution in [0, 0.1) is 5.92 Å². The monoisotopic (exact) mass is 324 g/mol. The molecule has 1 aromatic rings. The highest BCUT2D eigenvalue weighted by molar-refractivity contribution is 7.90. The van der Waals surface area contributed by atoms with E-state index in [0.29, 0.717) is 16.9 Å². The summed E-state index contributed by atoms with van der Waals surface area (Å²) in [7, 11) is -0.938. The summed E-state index contributed by atoms with van der Waals surface area (Å²) in [5.74, 6) is 0.549. The van der Waals surface area contributed by atoms with Crippen molar-refractivity contribution >= 4 is 9.84 Å². The third-order valence-corrected chi connectivity index (χ3v) is 5.70. The molecule has 1 aromatic carbocycles. The molecule has 5 nitrogen and oxygen atoms in total. The Kier molecular flexibility index (Phi) is 4.54. The van der Waals surface area contributed by atoms with Crippen LogP contribution in [0.4, 0.5) is 0 Å². The van der Waals surface area contributed by atoms with Crippen LogP contribution in [-0.2, 0) is 21.1 Å². The van der Waals surface area contributed by atoms with E-state index in [4.69, 9.17) is 4.74 Å². The fraction of sp³-hybridized carbons (Fsp3) is 0.625. The van der Waals surface area contributed by atoms with Crippen LogP contribution in [0.2, 0.25) is 0 Å². The van der Waals surface area contributed by atoms with Crippen molar-refractivity contribution in [3.63, 3.8) is 0 Å². The average molecular weight is 324 g/mol. The van der Waals surface area contributed by atoms with Gasteiger partial charge in [0.05, 0.1) is 18.1 Å². The van der Waals surface area contributed by atoms with Gasteiger partial charge in [0.25, 0.3) is 0 Å². The molecule has 2 aliphatic heterocycles. The van der Waals surface area contributed by atoms with E-state index in [1.807, 2.05) is 12.1 Å². The number of ether oxygens (including phenoxy) is 1.